The van der Waals surface area contributed by atoms with Gasteiger partial charge in [0.2, 0.25) is 0 Å². The van der Waals surface area contributed by atoms with Crippen LogP contribution in [0.25, 0.3) is 0 Å². The fourth-order valence-corrected chi connectivity index (χ4v) is 1.91. The van der Waals surface area contributed by atoms with E-state index in [0.717, 1.165) is 19.0 Å². The summed E-state index contributed by atoms with van der Waals surface area (Å²) in [7, 11) is 0. The van der Waals surface area contributed by atoms with Gasteiger partial charge in [0, 0.05) is 12.1 Å². The first-order valence-corrected chi connectivity index (χ1v) is 5.58. The van der Waals surface area contributed by atoms with Crippen molar-refractivity contribution in [1.29, 1.82) is 0 Å². The summed E-state index contributed by atoms with van der Waals surface area (Å²) in [5.74, 6) is 0.757. The highest BCUT2D eigenvalue weighted by Crippen LogP contribution is 2.17. The van der Waals surface area contributed by atoms with Gasteiger partial charge in [-0.2, -0.15) is 0 Å². The lowest BCUT2D eigenvalue weighted by Crippen LogP contribution is -2.53. The van der Waals surface area contributed by atoms with E-state index in [4.69, 9.17) is 0 Å². The predicted octanol–water partition coefficient (Wildman–Crippen LogP) is 1.76. The second-order valence-electron chi connectivity index (χ2n) is 4.97. The van der Waals surface area contributed by atoms with Crippen LogP contribution in [0.3, 0.4) is 0 Å². The third-order valence-corrected chi connectivity index (χ3v) is 2.77. The number of hydrogen-bond donors (Lipinski definition) is 2. The van der Waals surface area contributed by atoms with Gasteiger partial charge in [-0.15, -0.1) is 0 Å². The maximum absolute atomic E-state index is 3.61. The van der Waals surface area contributed by atoms with E-state index >= 15 is 0 Å². The first kappa shape index (κ1) is 11.0. The Hall–Kier alpha value is -0.0800. The molecule has 0 aromatic rings. The Bertz CT molecular complexity index is 137. The van der Waals surface area contributed by atoms with Gasteiger partial charge in [-0.25, -0.2) is 0 Å². The minimum atomic E-state index is 0.354. The second kappa shape index (κ2) is 4.97. The molecule has 1 heterocycles. The van der Waals surface area contributed by atoms with E-state index in [2.05, 4.69) is 31.4 Å². The summed E-state index contributed by atoms with van der Waals surface area (Å²) >= 11 is 0. The van der Waals surface area contributed by atoms with Crippen LogP contribution in [0.15, 0.2) is 0 Å². The monoisotopic (exact) mass is 184 g/mol. The van der Waals surface area contributed by atoms with Crippen LogP contribution in [0.2, 0.25) is 0 Å². The molecule has 13 heavy (non-hydrogen) atoms. The molecule has 1 aliphatic rings. The van der Waals surface area contributed by atoms with E-state index < -0.39 is 0 Å². The number of rotatable bonds is 4. The highest BCUT2D eigenvalue weighted by atomic mass is 15.0. The van der Waals surface area contributed by atoms with Crippen molar-refractivity contribution >= 4 is 0 Å². The van der Waals surface area contributed by atoms with Gasteiger partial charge in [0.05, 0.1) is 0 Å². The molecule has 0 bridgehead atoms. The first-order valence-electron chi connectivity index (χ1n) is 5.58. The summed E-state index contributed by atoms with van der Waals surface area (Å²) in [6.07, 6.45) is 4.05. The van der Waals surface area contributed by atoms with Crippen LogP contribution in [-0.4, -0.2) is 25.2 Å². The third-order valence-electron chi connectivity index (χ3n) is 2.77. The van der Waals surface area contributed by atoms with Crippen LogP contribution in [0.1, 0.15) is 40.0 Å². The molecule has 0 aromatic heterocycles. The average Bonchev–Trinajstić information content (AvgIpc) is 2.04. The third kappa shape index (κ3) is 4.10. The fraction of sp³-hybridized carbons (Fsp3) is 1.00. The standard InChI is InChI=1S/C11H24N2/c1-10(2)8-12-9-11(3)6-4-5-7-13-11/h10,12-13H,4-9H2,1-3H3. The zero-order chi connectivity index (χ0) is 9.73. The van der Waals surface area contributed by atoms with Crippen LogP contribution in [0, 0.1) is 5.92 Å². The molecule has 1 aliphatic heterocycles. The maximum Gasteiger partial charge on any atom is 0.0277 e. The van der Waals surface area contributed by atoms with Gasteiger partial charge >= 0.3 is 0 Å². The highest BCUT2D eigenvalue weighted by Gasteiger charge is 2.25. The lowest BCUT2D eigenvalue weighted by molar-refractivity contribution is 0.264. The van der Waals surface area contributed by atoms with Crippen molar-refractivity contribution < 1.29 is 0 Å². The van der Waals surface area contributed by atoms with Crippen molar-refractivity contribution in [2.45, 2.75) is 45.6 Å². The van der Waals surface area contributed by atoms with Crippen LogP contribution in [-0.2, 0) is 0 Å². The summed E-state index contributed by atoms with van der Waals surface area (Å²) in [5.41, 5.74) is 0.354. The van der Waals surface area contributed by atoms with Crippen molar-refractivity contribution in [2.24, 2.45) is 5.92 Å². The van der Waals surface area contributed by atoms with Gasteiger partial charge < -0.3 is 10.6 Å². The average molecular weight is 184 g/mol. The molecule has 1 atom stereocenters. The molecule has 2 heteroatoms. The lowest BCUT2D eigenvalue weighted by Gasteiger charge is -2.35. The lowest BCUT2D eigenvalue weighted by atomic mass is 9.91. The summed E-state index contributed by atoms with van der Waals surface area (Å²) in [5, 5.41) is 7.14. The summed E-state index contributed by atoms with van der Waals surface area (Å²) in [4.78, 5) is 0. The molecular formula is C11H24N2. The summed E-state index contributed by atoms with van der Waals surface area (Å²) in [6, 6.07) is 0. The second-order valence-corrected chi connectivity index (χ2v) is 4.97. The SMILES string of the molecule is CC(C)CNCC1(C)CCCCN1. The molecule has 0 amide bonds. The minimum absolute atomic E-state index is 0.354. The van der Waals surface area contributed by atoms with Gasteiger partial charge in [-0.05, 0) is 38.8 Å². The molecular weight excluding hydrogens is 160 g/mol. The Morgan fingerprint density at radius 1 is 1.38 bits per heavy atom. The molecule has 2 nitrogen and oxygen atoms in total. The van der Waals surface area contributed by atoms with Crippen molar-refractivity contribution in [3.05, 3.63) is 0 Å². The fourth-order valence-electron chi connectivity index (χ4n) is 1.91. The maximum atomic E-state index is 3.61. The molecule has 0 aliphatic carbocycles. The van der Waals surface area contributed by atoms with E-state index in [0.29, 0.717) is 5.54 Å². The molecule has 0 spiro atoms. The molecule has 1 saturated heterocycles. The predicted molar refractivity (Wildman–Crippen MR) is 58.0 cm³/mol. The quantitative estimate of drug-likeness (QED) is 0.696. The molecule has 1 unspecified atom stereocenters. The zero-order valence-electron chi connectivity index (χ0n) is 9.32. The number of piperidine rings is 1. The van der Waals surface area contributed by atoms with Crippen LogP contribution in [0.5, 0.6) is 0 Å². The van der Waals surface area contributed by atoms with Crippen LogP contribution in [0.4, 0.5) is 0 Å². The molecule has 0 aromatic carbocycles. The number of hydrogen-bond acceptors (Lipinski definition) is 2. The Balaban J connectivity index is 2.17. The molecule has 78 valence electrons. The topological polar surface area (TPSA) is 24.1 Å². The Labute approximate surface area is 82.5 Å². The van der Waals surface area contributed by atoms with E-state index in [9.17, 15) is 0 Å². The Morgan fingerprint density at radius 2 is 2.15 bits per heavy atom. The molecule has 0 saturated carbocycles. The van der Waals surface area contributed by atoms with E-state index in [1.807, 2.05) is 0 Å². The smallest absolute Gasteiger partial charge is 0.0277 e. The highest BCUT2D eigenvalue weighted by molar-refractivity contribution is 4.88. The van der Waals surface area contributed by atoms with Crippen molar-refractivity contribution in [2.75, 3.05) is 19.6 Å². The van der Waals surface area contributed by atoms with Gasteiger partial charge in [-0.1, -0.05) is 20.3 Å². The Kier molecular flexibility index (Phi) is 4.20. The van der Waals surface area contributed by atoms with Crippen molar-refractivity contribution in [3.63, 3.8) is 0 Å². The number of nitrogens with one attached hydrogen (secondary N) is 2. The Morgan fingerprint density at radius 3 is 2.69 bits per heavy atom. The minimum Gasteiger partial charge on any atom is -0.315 e. The van der Waals surface area contributed by atoms with E-state index in [1.54, 1.807) is 0 Å². The van der Waals surface area contributed by atoms with Crippen molar-refractivity contribution in [3.8, 4) is 0 Å². The van der Waals surface area contributed by atoms with Crippen LogP contribution >= 0.6 is 0 Å². The first-order chi connectivity index (χ1) is 6.12. The van der Waals surface area contributed by atoms with Gasteiger partial charge in [0.1, 0.15) is 0 Å². The molecule has 2 N–H and O–H groups in total. The van der Waals surface area contributed by atoms with Crippen molar-refractivity contribution in [1.82, 2.24) is 10.6 Å². The van der Waals surface area contributed by atoms with Crippen LogP contribution < -0.4 is 10.6 Å². The van der Waals surface area contributed by atoms with Gasteiger partial charge in [0.25, 0.3) is 0 Å². The summed E-state index contributed by atoms with van der Waals surface area (Å²) < 4.78 is 0. The zero-order valence-corrected chi connectivity index (χ0v) is 9.32. The molecule has 1 rings (SSSR count). The van der Waals surface area contributed by atoms with E-state index in [-0.39, 0.29) is 0 Å². The van der Waals surface area contributed by atoms with Gasteiger partial charge in [0.15, 0.2) is 0 Å². The largest absolute Gasteiger partial charge is 0.315 e. The van der Waals surface area contributed by atoms with E-state index in [1.165, 1.54) is 25.8 Å². The summed E-state index contributed by atoms with van der Waals surface area (Å²) in [6.45, 7) is 10.3. The molecule has 0 radical (unpaired) electrons. The molecule has 1 fully saturated rings. The normalized spacial score (nSPS) is 29.5. The van der Waals surface area contributed by atoms with Gasteiger partial charge in [-0.3, -0.25) is 0 Å².